The van der Waals surface area contributed by atoms with Gasteiger partial charge in [0.2, 0.25) is 0 Å². The first-order valence-electron chi connectivity index (χ1n) is 10.1. The van der Waals surface area contributed by atoms with Crippen LogP contribution in [0.3, 0.4) is 0 Å². The number of H-pyrrole nitrogens is 1. The molecule has 1 atom stereocenters. The van der Waals surface area contributed by atoms with E-state index in [0.29, 0.717) is 37.1 Å². The smallest absolute Gasteiger partial charge is 0.267 e. The van der Waals surface area contributed by atoms with Crippen LogP contribution in [0.25, 0.3) is 0 Å². The summed E-state index contributed by atoms with van der Waals surface area (Å²) >= 11 is 6.49. The lowest BCUT2D eigenvalue weighted by molar-refractivity contribution is 0.0723. The van der Waals surface area contributed by atoms with Crippen LogP contribution >= 0.6 is 11.6 Å². The highest BCUT2D eigenvalue weighted by molar-refractivity contribution is 6.35. The molecule has 166 valence electrons. The van der Waals surface area contributed by atoms with E-state index in [1.54, 1.807) is 6.92 Å². The van der Waals surface area contributed by atoms with E-state index in [2.05, 4.69) is 4.98 Å². The number of alkyl halides is 2. The molecule has 2 aliphatic rings. The van der Waals surface area contributed by atoms with Crippen LogP contribution < -0.4 is 10.3 Å². The summed E-state index contributed by atoms with van der Waals surface area (Å²) in [5.41, 5.74) is 2.06. The van der Waals surface area contributed by atoms with E-state index in [-0.39, 0.29) is 40.6 Å². The molecule has 2 aliphatic heterocycles. The van der Waals surface area contributed by atoms with Crippen molar-refractivity contribution in [3.8, 4) is 5.75 Å². The Morgan fingerprint density at radius 2 is 2.10 bits per heavy atom. The Hall–Kier alpha value is -2.45. The number of aryl methyl sites for hydroxylation is 2. The SMILES string of the molecule is Cc1cc(C)c(CN2CCc3cc(C(F)F)c(OC4CCOC4)c(Cl)c3C2=O)c(=O)[nH]1. The lowest BCUT2D eigenvalue weighted by Gasteiger charge is -2.31. The van der Waals surface area contributed by atoms with Crippen molar-refractivity contribution in [1.82, 2.24) is 9.88 Å². The minimum atomic E-state index is -2.79. The van der Waals surface area contributed by atoms with Crippen LogP contribution in [0.2, 0.25) is 5.02 Å². The van der Waals surface area contributed by atoms with Gasteiger partial charge >= 0.3 is 0 Å². The molecule has 0 bridgehead atoms. The third kappa shape index (κ3) is 4.19. The van der Waals surface area contributed by atoms with Crippen molar-refractivity contribution in [1.29, 1.82) is 0 Å². The number of halogens is 3. The third-order valence-electron chi connectivity index (χ3n) is 5.73. The molecular weight excluding hydrogens is 430 g/mol. The van der Waals surface area contributed by atoms with Crippen molar-refractivity contribution in [3.05, 3.63) is 61.0 Å². The molecular formula is C22H23ClF2N2O4. The number of aromatic nitrogens is 1. The van der Waals surface area contributed by atoms with Gasteiger partial charge in [-0.2, -0.15) is 0 Å². The van der Waals surface area contributed by atoms with Crippen LogP contribution in [0.1, 0.15) is 51.2 Å². The monoisotopic (exact) mass is 452 g/mol. The van der Waals surface area contributed by atoms with Gasteiger partial charge in [0.05, 0.1) is 35.9 Å². The molecule has 0 radical (unpaired) electrons. The number of aromatic amines is 1. The van der Waals surface area contributed by atoms with Crippen LogP contribution in [0, 0.1) is 13.8 Å². The molecule has 0 saturated carbocycles. The highest BCUT2D eigenvalue weighted by atomic mass is 35.5. The number of pyridine rings is 1. The number of carbonyl (C=O) groups is 1. The Bertz CT molecular complexity index is 1080. The van der Waals surface area contributed by atoms with E-state index >= 15 is 0 Å². The maximum atomic E-state index is 13.7. The summed E-state index contributed by atoms with van der Waals surface area (Å²) in [7, 11) is 0. The van der Waals surface area contributed by atoms with Gasteiger partial charge in [0.25, 0.3) is 17.9 Å². The Kier molecular flexibility index (Phi) is 6.03. The Morgan fingerprint density at radius 3 is 2.74 bits per heavy atom. The standard InChI is InChI=1S/C22H23ClF2N2O4/c1-11-7-12(2)26-21(28)16(11)9-27-5-3-13-8-15(20(24)25)19(18(23)17(13)22(27)29)31-14-4-6-30-10-14/h7-8,14,20H,3-6,9-10H2,1-2H3,(H,26,28). The van der Waals surface area contributed by atoms with Crippen LogP contribution in [-0.4, -0.2) is 41.7 Å². The van der Waals surface area contributed by atoms with Crippen molar-refractivity contribution in [2.75, 3.05) is 19.8 Å². The summed E-state index contributed by atoms with van der Waals surface area (Å²) in [5.74, 6) is -0.565. The van der Waals surface area contributed by atoms with Gasteiger partial charge in [0.15, 0.2) is 0 Å². The first-order chi connectivity index (χ1) is 14.8. The van der Waals surface area contributed by atoms with Crippen molar-refractivity contribution < 1.29 is 23.0 Å². The van der Waals surface area contributed by atoms with E-state index in [0.717, 1.165) is 11.3 Å². The summed E-state index contributed by atoms with van der Waals surface area (Å²) in [4.78, 5) is 29.9. The number of nitrogens with zero attached hydrogens (tertiary/aromatic N) is 1. The fourth-order valence-electron chi connectivity index (χ4n) is 4.12. The van der Waals surface area contributed by atoms with Crippen molar-refractivity contribution in [3.63, 3.8) is 0 Å². The molecule has 9 heteroatoms. The Balaban J connectivity index is 1.70. The lowest BCUT2D eigenvalue weighted by atomic mass is 9.95. The fraction of sp³-hybridized carbons (Fsp3) is 0.455. The predicted molar refractivity (Wildman–Crippen MR) is 111 cm³/mol. The van der Waals surface area contributed by atoms with Crippen LogP contribution in [0.4, 0.5) is 8.78 Å². The van der Waals surface area contributed by atoms with Gasteiger partial charge in [-0.25, -0.2) is 8.78 Å². The van der Waals surface area contributed by atoms with Crippen LogP contribution in [0.15, 0.2) is 16.9 Å². The van der Waals surface area contributed by atoms with Gasteiger partial charge in [-0.1, -0.05) is 11.6 Å². The molecule has 3 heterocycles. The van der Waals surface area contributed by atoms with Crippen molar-refractivity contribution >= 4 is 17.5 Å². The molecule has 1 N–H and O–H groups in total. The fourth-order valence-corrected chi connectivity index (χ4v) is 4.48. The highest BCUT2D eigenvalue weighted by Crippen LogP contribution is 2.42. The van der Waals surface area contributed by atoms with Gasteiger partial charge in [-0.3, -0.25) is 9.59 Å². The second-order valence-corrected chi connectivity index (χ2v) is 8.34. The molecule has 31 heavy (non-hydrogen) atoms. The second-order valence-electron chi connectivity index (χ2n) is 7.97. The Labute approximate surface area is 183 Å². The average Bonchev–Trinajstić information content (AvgIpc) is 3.21. The number of hydrogen-bond donors (Lipinski definition) is 1. The molecule has 1 fully saturated rings. The average molecular weight is 453 g/mol. The largest absolute Gasteiger partial charge is 0.486 e. The summed E-state index contributed by atoms with van der Waals surface area (Å²) in [6, 6.07) is 3.16. The summed E-state index contributed by atoms with van der Waals surface area (Å²) in [5, 5.41) is -0.107. The van der Waals surface area contributed by atoms with Crippen molar-refractivity contribution in [2.45, 2.75) is 45.8 Å². The number of carbonyl (C=O) groups excluding carboxylic acids is 1. The molecule has 1 unspecified atom stereocenters. The molecule has 1 saturated heterocycles. The minimum absolute atomic E-state index is 0.107. The Morgan fingerprint density at radius 1 is 1.32 bits per heavy atom. The van der Waals surface area contributed by atoms with Gasteiger partial charge in [0.1, 0.15) is 11.9 Å². The molecule has 2 aromatic rings. The van der Waals surface area contributed by atoms with E-state index in [1.807, 2.05) is 13.0 Å². The summed E-state index contributed by atoms with van der Waals surface area (Å²) in [6.07, 6.45) is -2.26. The molecule has 1 aromatic carbocycles. The van der Waals surface area contributed by atoms with Crippen LogP contribution in [-0.2, 0) is 17.7 Å². The number of benzene rings is 1. The van der Waals surface area contributed by atoms with Gasteiger partial charge < -0.3 is 19.4 Å². The van der Waals surface area contributed by atoms with Gasteiger partial charge in [0, 0.05) is 24.2 Å². The number of rotatable bonds is 5. The number of amides is 1. The maximum Gasteiger partial charge on any atom is 0.267 e. The molecule has 0 aliphatic carbocycles. The number of hydrogen-bond acceptors (Lipinski definition) is 4. The topological polar surface area (TPSA) is 71.6 Å². The number of fused-ring (bicyclic) bond motifs is 1. The quantitative estimate of drug-likeness (QED) is 0.745. The zero-order valence-corrected chi connectivity index (χ0v) is 18.0. The van der Waals surface area contributed by atoms with E-state index < -0.39 is 18.4 Å². The molecule has 1 aromatic heterocycles. The van der Waals surface area contributed by atoms with Crippen LogP contribution in [0.5, 0.6) is 5.75 Å². The van der Waals surface area contributed by atoms with Crippen molar-refractivity contribution in [2.24, 2.45) is 0 Å². The first-order valence-corrected chi connectivity index (χ1v) is 10.5. The van der Waals surface area contributed by atoms with Gasteiger partial charge in [-0.05, 0) is 43.5 Å². The highest BCUT2D eigenvalue weighted by Gasteiger charge is 2.33. The summed E-state index contributed by atoms with van der Waals surface area (Å²) in [6.45, 7) is 4.78. The second kappa shape index (κ2) is 8.59. The minimum Gasteiger partial charge on any atom is -0.486 e. The molecule has 6 nitrogen and oxygen atoms in total. The summed E-state index contributed by atoms with van der Waals surface area (Å²) < 4.78 is 38.5. The lowest BCUT2D eigenvalue weighted by Crippen LogP contribution is -2.39. The molecule has 1 amide bonds. The predicted octanol–water partition coefficient (Wildman–Crippen LogP) is 3.95. The van der Waals surface area contributed by atoms with E-state index in [1.165, 1.54) is 11.0 Å². The normalized spacial score (nSPS) is 18.6. The first kappa shape index (κ1) is 21.8. The van der Waals surface area contributed by atoms with E-state index in [9.17, 15) is 18.4 Å². The van der Waals surface area contributed by atoms with E-state index in [4.69, 9.17) is 21.1 Å². The maximum absolute atomic E-state index is 13.7. The zero-order chi connectivity index (χ0) is 22.3. The van der Waals surface area contributed by atoms with Gasteiger partial charge in [-0.15, -0.1) is 0 Å². The molecule has 0 spiro atoms. The third-order valence-corrected chi connectivity index (χ3v) is 6.09. The number of nitrogens with one attached hydrogen (secondary N) is 1. The number of ether oxygens (including phenoxy) is 2. The molecule has 4 rings (SSSR count). The zero-order valence-electron chi connectivity index (χ0n) is 17.3.